The summed E-state index contributed by atoms with van der Waals surface area (Å²) in [6.45, 7) is 2.85. The molecule has 1 aliphatic carbocycles. The molecule has 0 bridgehead atoms. The fourth-order valence-electron chi connectivity index (χ4n) is 3.29. The van der Waals surface area contributed by atoms with Crippen LogP contribution in [0.3, 0.4) is 0 Å². The Morgan fingerprint density at radius 3 is 2.78 bits per heavy atom. The highest BCUT2D eigenvalue weighted by molar-refractivity contribution is 7.18. The summed E-state index contributed by atoms with van der Waals surface area (Å²) < 4.78 is 1.36. The zero-order valence-electron chi connectivity index (χ0n) is 10.9. The number of benzene rings is 1. The number of fused-ring (bicyclic) bond motifs is 1. The van der Waals surface area contributed by atoms with Crippen molar-refractivity contribution in [1.82, 2.24) is 4.98 Å². The minimum absolute atomic E-state index is 0.205. The van der Waals surface area contributed by atoms with Gasteiger partial charge in [0, 0.05) is 12.0 Å². The second-order valence-electron chi connectivity index (χ2n) is 5.43. The van der Waals surface area contributed by atoms with E-state index in [1.807, 2.05) is 11.3 Å². The molecule has 1 heterocycles. The minimum atomic E-state index is 0.205. The van der Waals surface area contributed by atoms with Crippen LogP contribution in [0.4, 0.5) is 0 Å². The van der Waals surface area contributed by atoms with Gasteiger partial charge in [0.2, 0.25) is 0 Å². The molecule has 0 atom stereocenters. The van der Waals surface area contributed by atoms with Crippen molar-refractivity contribution in [3.05, 3.63) is 28.8 Å². The molecule has 3 rings (SSSR count). The van der Waals surface area contributed by atoms with E-state index in [1.165, 1.54) is 42.4 Å². The maximum Gasteiger partial charge on any atom is 0.0907 e. The van der Waals surface area contributed by atoms with Gasteiger partial charge in [0.1, 0.15) is 0 Å². The third kappa shape index (κ3) is 1.86. The Bertz CT molecular complexity index is 553. The molecule has 0 radical (unpaired) electrons. The number of rotatable bonds is 2. The summed E-state index contributed by atoms with van der Waals surface area (Å²) in [6.07, 6.45) is 6.45. The molecular weight excluding hydrogens is 240 g/mol. The van der Waals surface area contributed by atoms with E-state index in [1.54, 1.807) is 0 Å². The summed E-state index contributed by atoms with van der Waals surface area (Å²) in [5, 5.41) is 1.15. The number of hydrogen-bond acceptors (Lipinski definition) is 3. The van der Waals surface area contributed by atoms with Crippen molar-refractivity contribution in [2.75, 3.05) is 6.54 Å². The predicted molar refractivity (Wildman–Crippen MR) is 78.2 cm³/mol. The average molecular weight is 260 g/mol. The van der Waals surface area contributed by atoms with Crippen LogP contribution >= 0.6 is 11.3 Å². The first-order valence-corrected chi connectivity index (χ1v) is 7.63. The summed E-state index contributed by atoms with van der Waals surface area (Å²) >= 11 is 1.82. The normalized spacial score (nSPS) is 19.2. The number of thiazole rings is 1. The molecule has 1 aromatic heterocycles. The summed E-state index contributed by atoms with van der Waals surface area (Å²) in [5.41, 5.74) is 8.96. The zero-order valence-corrected chi connectivity index (χ0v) is 11.7. The summed E-state index contributed by atoms with van der Waals surface area (Å²) in [6, 6.07) is 6.54. The van der Waals surface area contributed by atoms with Crippen LogP contribution in [-0.4, -0.2) is 11.5 Å². The van der Waals surface area contributed by atoms with Gasteiger partial charge in [-0.2, -0.15) is 0 Å². The van der Waals surface area contributed by atoms with Gasteiger partial charge in [0.15, 0.2) is 0 Å². The Kier molecular flexibility index (Phi) is 3.12. The average Bonchev–Trinajstić information content (AvgIpc) is 2.79. The summed E-state index contributed by atoms with van der Waals surface area (Å²) in [5.74, 6) is 0. The highest BCUT2D eigenvalue weighted by atomic mass is 32.1. The maximum absolute atomic E-state index is 6.15. The van der Waals surface area contributed by atoms with E-state index in [4.69, 9.17) is 5.73 Å². The number of nitrogens with zero attached hydrogens (tertiary/aromatic N) is 1. The van der Waals surface area contributed by atoms with Crippen LogP contribution in [0.25, 0.3) is 10.2 Å². The van der Waals surface area contributed by atoms with E-state index >= 15 is 0 Å². The van der Waals surface area contributed by atoms with Gasteiger partial charge in [-0.25, -0.2) is 4.98 Å². The SMILES string of the molecule is Cc1nc2cccc(C3(CN)CCCCC3)c2s1. The fourth-order valence-corrected chi connectivity index (χ4v) is 4.34. The second kappa shape index (κ2) is 4.63. The van der Waals surface area contributed by atoms with E-state index in [2.05, 4.69) is 30.1 Å². The minimum Gasteiger partial charge on any atom is -0.330 e. The standard InChI is InChI=1S/C15H20N2S/c1-11-17-13-7-5-6-12(14(13)18-11)15(10-16)8-3-2-4-9-15/h5-7H,2-4,8-10,16H2,1H3. The first kappa shape index (κ1) is 12.1. The molecular formula is C15H20N2S. The molecule has 1 saturated carbocycles. The molecule has 0 spiro atoms. The molecule has 3 heteroatoms. The molecule has 1 aromatic carbocycles. The Morgan fingerprint density at radius 1 is 1.28 bits per heavy atom. The third-order valence-corrected chi connectivity index (χ3v) is 5.31. The fraction of sp³-hybridized carbons (Fsp3) is 0.533. The van der Waals surface area contributed by atoms with Crippen LogP contribution in [-0.2, 0) is 5.41 Å². The van der Waals surface area contributed by atoms with Gasteiger partial charge in [-0.05, 0) is 31.4 Å². The quantitative estimate of drug-likeness (QED) is 0.892. The maximum atomic E-state index is 6.15. The van der Waals surface area contributed by atoms with Crippen molar-refractivity contribution in [1.29, 1.82) is 0 Å². The van der Waals surface area contributed by atoms with Crippen LogP contribution in [0.1, 0.15) is 42.7 Å². The molecule has 2 N–H and O–H groups in total. The molecule has 1 aliphatic rings. The molecule has 0 amide bonds. The zero-order chi connectivity index (χ0) is 12.6. The van der Waals surface area contributed by atoms with Crippen molar-refractivity contribution < 1.29 is 0 Å². The number of aryl methyl sites for hydroxylation is 1. The Hall–Kier alpha value is -0.930. The monoisotopic (exact) mass is 260 g/mol. The lowest BCUT2D eigenvalue weighted by atomic mass is 9.69. The van der Waals surface area contributed by atoms with Crippen molar-refractivity contribution in [2.24, 2.45) is 5.73 Å². The summed E-state index contributed by atoms with van der Waals surface area (Å²) in [7, 11) is 0. The van der Waals surface area contributed by atoms with E-state index in [0.29, 0.717) is 0 Å². The van der Waals surface area contributed by atoms with Gasteiger partial charge < -0.3 is 5.73 Å². The van der Waals surface area contributed by atoms with Crippen molar-refractivity contribution in [3.63, 3.8) is 0 Å². The van der Waals surface area contributed by atoms with Gasteiger partial charge in [-0.1, -0.05) is 31.4 Å². The second-order valence-corrected chi connectivity index (χ2v) is 6.64. The van der Waals surface area contributed by atoms with E-state index in [0.717, 1.165) is 17.1 Å². The lowest BCUT2D eigenvalue weighted by molar-refractivity contribution is 0.303. The molecule has 2 nitrogen and oxygen atoms in total. The van der Waals surface area contributed by atoms with Crippen molar-refractivity contribution in [2.45, 2.75) is 44.4 Å². The van der Waals surface area contributed by atoms with Crippen molar-refractivity contribution in [3.8, 4) is 0 Å². The van der Waals surface area contributed by atoms with Gasteiger partial charge in [-0.15, -0.1) is 11.3 Å². The molecule has 0 aliphatic heterocycles. The van der Waals surface area contributed by atoms with Crippen LogP contribution in [0.2, 0.25) is 0 Å². The Balaban J connectivity index is 2.16. The Labute approximate surface area is 112 Å². The number of nitrogens with two attached hydrogens (primary N) is 1. The molecule has 2 aromatic rings. The van der Waals surface area contributed by atoms with Crippen LogP contribution < -0.4 is 5.73 Å². The smallest absolute Gasteiger partial charge is 0.0907 e. The molecule has 18 heavy (non-hydrogen) atoms. The Morgan fingerprint density at radius 2 is 2.06 bits per heavy atom. The van der Waals surface area contributed by atoms with Gasteiger partial charge in [0.05, 0.1) is 15.2 Å². The molecule has 96 valence electrons. The highest BCUT2D eigenvalue weighted by Gasteiger charge is 2.34. The topological polar surface area (TPSA) is 38.9 Å². The lowest BCUT2D eigenvalue weighted by Gasteiger charge is -2.37. The molecule has 1 fully saturated rings. The van der Waals surface area contributed by atoms with Gasteiger partial charge in [0.25, 0.3) is 0 Å². The predicted octanol–water partition coefficient (Wildman–Crippen LogP) is 3.77. The third-order valence-electron chi connectivity index (χ3n) is 4.29. The van der Waals surface area contributed by atoms with Gasteiger partial charge >= 0.3 is 0 Å². The summed E-state index contributed by atoms with van der Waals surface area (Å²) in [4.78, 5) is 4.61. The van der Waals surface area contributed by atoms with Crippen LogP contribution in [0.5, 0.6) is 0 Å². The van der Waals surface area contributed by atoms with E-state index in [-0.39, 0.29) is 5.41 Å². The lowest BCUT2D eigenvalue weighted by Crippen LogP contribution is -2.37. The van der Waals surface area contributed by atoms with E-state index < -0.39 is 0 Å². The number of hydrogen-bond donors (Lipinski definition) is 1. The first-order valence-electron chi connectivity index (χ1n) is 6.82. The van der Waals surface area contributed by atoms with Crippen molar-refractivity contribution >= 4 is 21.6 Å². The first-order chi connectivity index (χ1) is 8.75. The molecule has 0 unspecified atom stereocenters. The van der Waals surface area contributed by atoms with Crippen LogP contribution in [0.15, 0.2) is 18.2 Å². The number of aromatic nitrogens is 1. The van der Waals surface area contributed by atoms with Gasteiger partial charge in [-0.3, -0.25) is 0 Å². The largest absolute Gasteiger partial charge is 0.330 e. The van der Waals surface area contributed by atoms with Crippen LogP contribution in [0, 0.1) is 6.92 Å². The van der Waals surface area contributed by atoms with E-state index in [9.17, 15) is 0 Å². The molecule has 0 saturated heterocycles. The highest BCUT2D eigenvalue weighted by Crippen LogP contribution is 2.42.